The maximum atomic E-state index is 5.94. The first kappa shape index (κ1) is 14.4. The third kappa shape index (κ3) is 3.06. The Morgan fingerprint density at radius 3 is 3.05 bits per heavy atom. The second-order valence-electron chi connectivity index (χ2n) is 6.11. The molecule has 1 aliphatic heterocycles. The molecule has 1 fully saturated rings. The molecular formula is C17H24N2O2. The highest BCUT2D eigenvalue weighted by Gasteiger charge is 2.23. The van der Waals surface area contributed by atoms with Crippen LogP contribution in [0.2, 0.25) is 0 Å². The molecule has 3 rings (SSSR count). The van der Waals surface area contributed by atoms with Gasteiger partial charge in [0.1, 0.15) is 5.76 Å². The summed E-state index contributed by atoms with van der Waals surface area (Å²) < 4.78 is 11.3. The fraction of sp³-hybridized carbons (Fsp3) is 0.529. The fourth-order valence-corrected chi connectivity index (χ4v) is 3.23. The van der Waals surface area contributed by atoms with Crippen LogP contribution in [-0.4, -0.2) is 38.2 Å². The monoisotopic (exact) mass is 288 g/mol. The van der Waals surface area contributed by atoms with Crippen LogP contribution in [-0.2, 0) is 6.54 Å². The molecule has 1 N–H and O–H groups in total. The number of nitrogens with zero attached hydrogens (tertiary/aromatic N) is 1. The molecule has 2 atom stereocenters. The van der Waals surface area contributed by atoms with Crippen molar-refractivity contribution in [2.24, 2.45) is 5.92 Å². The Morgan fingerprint density at radius 1 is 1.43 bits per heavy atom. The summed E-state index contributed by atoms with van der Waals surface area (Å²) in [5.74, 6) is 2.44. The van der Waals surface area contributed by atoms with E-state index in [1.165, 1.54) is 6.42 Å². The molecule has 1 aromatic carbocycles. The van der Waals surface area contributed by atoms with Gasteiger partial charge in [-0.2, -0.15) is 0 Å². The maximum Gasteiger partial charge on any atom is 0.176 e. The summed E-state index contributed by atoms with van der Waals surface area (Å²) in [6.07, 6.45) is 1.20. The van der Waals surface area contributed by atoms with Crippen molar-refractivity contribution in [2.75, 3.05) is 27.2 Å². The van der Waals surface area contributed by atoms with E-state index in [4.69, 9.17) is 9.15 Å². The van der Waals surface area contributed by atoms with Gasteiger partial charge in [0.15, 0.2) is 11.3 Å². The quantitative estimate of drug-likeness (QED) is 0.939. The van der Waals surface area contributed by atoms with Gasteiger partial charge in [0, 0.05) is 18.0 Å². The number of benzene rings is 1. The number of likely N-dealkylation sites (tertiary alicyclic amines) is 1. The van der Waals surface area contributed by atoms with Crippen molar-refractivity contribution < 1.29 is 9.15 Å². The van der Waals surface area contributed by atoms with Gasteiger partial charge in [0.2, 0.25) is 0 Å². The lowest BCUT2D eigenvalue weighted by Gasteiger charge is -2.35. The third-order valence-electron chi connectivity index (χ3n) is 4.43. The first-order valence-corrected chi connectivity index (χ1v) is 7.64. The lowest BCUT2D eigenvalue weighted by Crippen LogP contribution is -2.46. The second kappa shape index (κ2) is 6.08. The van der Waals surface area contributed by atoms with Crippen LogP contribution >= 0.6 is 0 Å². The van der Waals surface area contributed by atoms with Gasteiger partial charge in [0.05, 0.1) is 13.7 Å². The van der Waals surface area contributed by atoms with Gasteiger partial charge in [-0.15, -0.1) is 0 Å². The number of ether oxygens (including phenoxy) is 1. The summed E-state index contributed by atoms with van der Waals surface area (Å²) in [5.41, 5.74) is 0.841. The molecule has 4 nitrogen and oxygen atoms in total. The highest BCUT2D eigenvalue weighted by Crippen LogP contribution is 2.28. The minimum Gasteiger partial charge on any atom is -0.493 e. The van der Waals surface area contributed by atoms with Gasteiger partial charge >= 0.3 is 0 Å². The molecular weight excluding hydrogens is 264 g/mol. The Hall–Kier alpha value is -1.52. The first-order valence-electron chi connectivity index (χ1n) is 7.64. The molecule has 114 valence electrons. The zero-order valence-corrected chi connectivity index (χ0v) is 13.1. The average Bonchev–Trinajstić information content (AvgIpc) is 2.89. The number of methoxy groups -OCH3 is 1. The van der Waals surface area contributed by atoms with Gasteiger partial charge in [-0.05, 0) is 38.1 Å². The Kier molecular flexibility index (Phi) is 4.17. The van der Waals surface area contributed by atoms with Crippen LogP contribution in [0, 0.1) is 5.92 Å². The normalized spacial score (nSPS) is 23.6. The Morgan fingerprint density at radius 2 is 2.29 bits per heavy atom. The van der Waals surface area contributed by atoms with Crippen LogP contribution in [0.4, 0.5) is 0 Å². The largest absolute Gasteiger partial charge is 0.493 e. The SMILES string of the molecule is COc1cccc2cc(CNC3CCN(C)CC3C)oc12. The highest BCUT2D eigenvalue weighted by molar-refractivity contribution is 5.83. The number of para-hydroxylation sites is 1. The first-order chi connectivity index (χ1) is 10.2. The van der Waals surface area contributed by atoms with Crippen molar-refractivity contribution in [3.05, 3.63) is 30.0 Å². The molecule has 0 saturated carbocycles. The highest BCUT2D eigenvalue weighted by atomic mass is 16.5. The minimum atomic E-state index is 0.566. The topological polar surface area (TPSA) is 37.6 Å². The van der Waals surface area contributed by atoms with Crippen molar-refractivity contribution in [3.8, 4) is 5.75 Å². The van der Waals surface area contributed by atoms with E-state index in [1.54, 1.807) is 7.11 Å². The number of furan rings is 1. The lowest BCUT2D eigenvalue weighted by molar-refractivity contribution is 0.172. The van der Waals surface area contributed by atoms with E-state index < -0.39 is 0 Å². The Labute approximate surface area is 126 Å². The molecule has 0 amide bonds. The van der Waals surface area contributed by atoms with Crippen LogP contribution in [0.3, 0.4) is 0 Å². The molecule has 4 heteroatoms. The van der Waals surface area contributed by atoms with Crippen LogP contribution < -0.4 is 10.1 Å². The van der Waals surface area contributed by atoms with Crippen molar-refractivity contribution >= 4 is 11.0 Å². The third-order valence-corrected chi connectivity index (χ3v) is 4.43. The molecule has 0 spiro atoms. The van der Waals surface area contributed by atoms with Crippen molar-refractivity contribution in [1.82, 2.24) is 10.2 Å². The van der Waals surface area contributed by atoms with Crippen LogP contribution in [0.5, 0.6) is 5.75 Å². The Balaban J connectivity index is 1.68. The predicted octanol–water partition coefficient (Wildman–Crippen LogP) is 2.87. The molecule has 1 aromatic heterocycles. The zero-order chi connectivity index (χ0) is 14.8. The van der Waals surface area contributed by atoms with E-state index in [-0.39, 0.29) is 0 Å². The average molecular weight is 288 g/mol. The van der Waals surface area contributed by atoms with E-state index in [0.717, 1.165) is 42.1 Å². The zero-order valence-electron chi connectivity index (χ0n) is 13.1. The van der Waals surface area contributed by atoms with Crippen molar-refractivity contribution in [1.29, 1.82) is 0 Å². The molecule has 21 heavy (non-hydrogen) atoms. The summed E-state index contributed by atoms with van der Waals surface area (Å²) in [7, 11) is 3.87. The number of hydrogen-bond acceptors (Lipinski definition) is 4. The minimum absolute atomic E-state index is 0.566. The van der Waals surface area contributed by atoms with Gasteiger partial charge in [0.25, 0.3) is 0 Å². The van der Waals surface area contributed by atoms with E-state index in [0.29, 0.717) is 12.0 Å². The molecule has 2 aromatic rings. The lowest BCUT2D eigenvalue weighted by atomic mass is 9.94. The van der Waals surface area contributed by atoms with Crippen LogP contribution in [0.25, 0.3) is 11.0 Å². The molecule has 2 unspecified atom stereocenters. The Bertz CT molecular complexity index is 608. The summed E-state index contributed by atoms with van der Waals surface area (Å²) in [6, 6.07) is 8.65. The van der Waals surface area contributed by atoms with E-state index >= 15 is 0 Å². The summed E-state index contributed by atoms with van der Waals surface area (Å²) >= 11 is 0. The molecule has 2 heterocycles. The van der Waals surface area contributed by atoms with Crippen LogP contribution in [0.1, 0.15) is 19.1 Å². The number of fused-ring (bicyclic) bond motifs is 1. The molecule has 1 saturated heterocycles. The van der Waals surface area contributed by atoms with Crippen LogP contribution in [0.15, 0.2) is 28.7 Å². The molecule has 0 aliphatic carbocycles. The van der Waals surface area contributed by atoms with E-state index in [2.05, 4.69) is 36.3 Å². The second-order valence-corrected chi connectivity index (χ2v) is 6.11. The van der Waals surface area contributed by atoms with Gasteiger partial charge in [-0.25, -0.2) is 0 Å². The number of rotatable bonds is 4. The molecule has 0 bridgehead atoms. The van der Waals surface area contributed by atoms with Crippen molar-refractivity contribution in [3.63, 3.8) is 0 Å². The predicted molar refractivity (Wildman–Crippen MR) is 84.7 cm³/mol. The van der Waals surface area contributed by atoms with Gasteiger partial charge in [-0.3, -0.25) is 0 Å². The van der Waals surface area contributed by atoms with E-state index in [9.17, 15) is 0 Å². The summed E-state index contributed by atoms with van der Waals surface area (Å²) in [4.78, 5) is 2.40. The molecule has 1 aliphatic rings. The summed E-state index contributed by atoms with van der Waals surface area (Å²) in [6.45, 7) is 5.41. The number of nitrogens with one attached hydrogen (secondary N) is 1. The number of piperidine rings is 1. The number of hydrogen-bond donors (Lipinski definition) is 1. The van der Waals surface area contributed by atoms with Gasteiger partial charge < -0.3 is 19.4 Å². The van der Waals surface area contributed by atoms with Crippen molar-refractivity contribution in [2.45, 2.75) is 25.9 Å². The molecule has 0 radical (unpaired) electrons. The van der Waals surface area contributed by atoms with E-state index in [1.807, 2.05) is 12.1 Å². The van der Waals surface area contributed by atoms with Gasteiger partial charge in [-0.1, -0.05) is 19.1 Å². The fourth-order valence-electron chi connectivity index (χ4n) is 3.23. The standard InChI is InChI=1S/C17H24N2O2/c1-12-11-19(2)8-7-15(12)18-10-14-9-13-5-4-6-16(20-3)17(13)21-14/h4-6,9,12,15,18H,7-8,10-11H2,1-3H3. The summed E-state index contributed by atoms with van der Waals surface area (Å²) in [5, 5.41) is 4.75. The smallest absolute Gasteiger partial charge is 0.176 e. The maximum absolute atomic E-state index is 5.94.